The Labute approximate surface area is 116 Å². The number of aromatic nitrogens is 2. The van der Waals surface area contributed by atoms with Crippen molar-refractivity contribution in [3.63, 3.8) is 0 Å². The van der Waals surface area contributed by atoms with Crippen molar-refractivity contribution < 1.29 is 0 Å². The average Bonchev–Trinajstić information content (AvgIpc) is 2.40. The van der Waals surface area contributed by atoms with Crippen LogP contribution in [0, 0.1) is 5.41 Å². The van der Waals surface area contributed by atoms with Gasteiger partial charge in [-0.05, 0) is 24.7 Å². The SMILES string of the molecule is CCc1c(NC)ncnc1NC1CCCCC1(C)C. The fourth-order valence-corrected chi connectivity index (χ4v) is 3.01. The van der Waals surface area contributed by atoms with E-state index in [4.69, 9.17) is 0 Å². The highest BCUT2D eigenvalue weighted by molar-refractivity contribution is 5.57. The summed E-state index contributed by atoms with van der Waals surface area (Å²) in [6, 6.07) is 0.506. The molecule has 4 nitrogen and oxygen atoms in total. The van der Waals surface area contributed by atoms with Gasteiger partial charge in [-0.1, -0.05) is 33.6 Å². The second-order valence-corrected chi connectivity index (χ2v) is 6.08. The van der Waals surface area contributed by atoms with Crippen molar-refractivity contribution in [2.24, 2.45) is 5.41 Å². The van der Waals surface area contributed by atoms with Gasteiger partial charge in [-0.25, -0.2) is 9.97 Å². The molecule has 1 aliphatic rings. The predicted octanol–water partition coefficient (Wildman–Crippen LogP) is 3.46. The minimum Gasteiger partial charge on any atom is -0.373 e. The number of hydrogen-bond donors (Lipinski definition) is 2. The summed E-state index contributed by atoms with van der Waals surface area (Å²) in [5, 5.41) is 6.83. The summed E-state index contributed by atoms with van der Waals surface area (Å²) in [7, 11) is 1.91. The zero-order chi connectivity index (χ0) is 13.9. The lowest BCUT2D eigenvalue weighted by Crippen LogP contribution is -2.39. The van der Waals surface area contributed by atoms with Gasteiger partial charge in [0.05, 0.1) is 0 Å². The van der Waals surface area contributed by atoms with Crippen molar-refractivity contribution in [3.05, 3.63) is 11.9 Å². The first-order valence-electron chi connectivity index (χ1n) is 7.36. The summed E-state index contributed by atoms with van der Waals surface area (Å²) in [4.78, 5) is 8.75. The van der Waals surface area contributed by atoms with E-state index in [1.165, 1.54) is 31.2 Å². The van der Waals surface area contributed by atoms with Gasteiger partial charge in [0.1, 0.15) is 18.0 Å². The monoisotopic (exact) mass is 262 g/mol. The molecule has 4 heteroatoms. The maximum Gasteiger partial charge on any atom is 0.134 e. The highest BCUT2D eigenvalue weighted by Gasteiger charge is 2.32. The average molecular weight is 262 g/mol. The Balaban J connectivity index is 2.23. The maximum atomic E-state index is 4.46. The highest BCUT2D eigenvalue weighted by atomic mass is 15.1. The molecule has 0 amide bonds. The van der Waals surface area contributed by atoms with E-state index in [1.807, 2.05) is 7.05 Å². The standard InChI is InChI=1S/C15H26N4/c1-5-11-13(16-4)17-10-18-14(11)19-12-8-6-7-9-15(12,2)3/h10,12H,5-9H2,1-4H3,(H2,16,17,18,19). The van der Waals surface area contributed by atoms with Crippen LogP contribution in [0.1, 0.15) is 52.0 Å². The summed E-state index contributed by atoms with van der Waals surface area (Å²) in [5.41, 5.74) is 1.53. The molecule has 1 aromatic heterocycles. The molecule has 1 heterocycles. The van der Waals surface area contributed by atoms with E-state index in [0.717, 1.165) is 18.1 Å². The van der Waals surface area contributed by atoms with Crippen molar-refractivity contribution in [2.75, 3.05) is 17.7 Å². The first kappa shape index (κ1) is 14.1. The predicted molar refractivity (Wildman–Crippen MR) is 80.6 cm³/mol. The van der Waals surface area contributed by atoms with Crippen LogP contribution in [0.15, 0.2) is 6.33 Å². The molecule has 106 valence electrons. The van der Waals surface area contributed by atoms with E-state index in [-0.39, 0.29) is 0 Å². The molecular formula is C15H26N4. The fraction of sp³-hybridized carbons (Fsp3) is 0.733. The topological polar surface area (TPSA) is 49.8 Å². The van der Waals surface area contributed by atoms with Gasteiger partial charge in [-0.2, -0.15) is 0 Å². The van der Waals surface area contributed by atoms with Crippen LogP contribution in [0.2, 0.25) is 0 Å². The molecule has 1 unspecified atom stereocenters. The second kappa shape index (κ2) is 5.76. The lowest BCUT2D eigenvalue weighted by atomic mass is 9.73. The highest BCUT2D eigenvalue weighted by Crippen LogP contribution is 2.37. The van der Waals surface area contributed by atoms with Crippen LogP contribution in [0.25, 0.3) is 0 Å². The molecule has 0 spiro atoms. The van der Waals surface area contributed by atoms with Gasteiger partial charge in [0.2, 0.25) is 0 Å². The maximum absolute atomic E-state index is 4.46. The zero-order valence-electron chi connectivity index (χ0n) is 12.6. The number of nitrogens with one attached hydrogen (secondary N) is 2. The van der Waals surface area contributed by atoms with Crippen LogP contribution < -0.4 is 10.6 Å². The normalized spacial score (nSPS) is 22.0. The lowest BCUT2D eigenvalue weighted by molar-refractivity contribution is 0.216. The third-order valence-electron chi connectivity index (χ3n) is 4.35. The minimum atomic E-state index is 0.341. The Hall–Kier alpha value is -1.32. The molecule has 1 aliphatic carbocycles. The summed E-state index contributed by atoms with van der Waals surface area (Å²) < 4.78 is 0. The molecule has 2 N–H and O–H groups in total. The van der Waals surface area contributed by atoms with Gasteiger partial charge in [0, 0.05) is 18.7 Å². The summed E-state index contributed by atoms with van der Waals surface area (Å²) in [6.45, 7) is 6.86. The Bertz CT molecular complexity index is 428. The van der Waals surface area contributed by atoms with Gasteiger partial charge in [0.25, 0.3) is 0 Å². The van der Waals surface area contributed by atoms with E-state index in [1.54, 1.807) is 6.33 Å². The fourth-order valence-electron chi connectivity index (χ4n) is 3.01. The molecule has 0 radical (unpaired) electrons. The van der Waals surface area contributed by atoms with E-state index >= 15 is 0 Å². The third-order valence-corrected chi connectivity index (χ3v) is 4.35. The molecule has 0 aliphatic heterocycles. The molecular weight excluding hydrogens is 236 g/mol. The number of anilines is 2. The van der Waals surface area contributed by atoms with Crippen LogP contribution in [0.4, 0.5) is 11.6 Å². The molecule has 19 heavy (non-hydrogen) atoms. The molecule has 1 fully saturated rings. The first-order chi connectivity index (χ1) is 9.08. The first-order valence-corrected chi connectivity index (χ1v) is 7.36. The van der Waals surface area contributed by atoms with E-state index in [0.29, 0.717) is 11.5 Å². The molecule has 1 saturated carbocycles. The molecule has 1 atom stereocenters. The summed E-state index contributed by atoms with van der Waals surface area (Å²) in [5.74, 6) is 1.94. The molecule has 0 aromatic carbocycles. The van der Waals surface area contributed by atoms with Crippen LogP contribution in [-0.4, -0.2) is 23.1 Å². The van der Waals surface area contributed by atoms with Crippen LogP contribution >= 0.6 is 0 Å². The van der Waals surface area contributed by atoms with E-state index in [9.17, 15) is 0 Å². The van der Waals surface area contributed by atoms with Crippen molar-refractivity contribution in [1.82, 2.24) is 9.97 Å². The zero-order valence-corrected chi connectivity index (χ0v) is 12.6. The van der Waals surface area contributed by atoms with Gasteiger partial charge in [-0.3, -0.25) is 0 Å². The van der Waals surface area contributed by atoms with Gasteiger partial charge >= 0.3 is 0 Å². The number of hydrogen-bond acceptors (Lipinski definition) is 4. The Morgan fingerprint density at radius 2 is 2.00 bits per heavy atom. The van der Waals surface area contributed by atoms with E-state index in [2.05, 4.69) is 41.4 Å². The summed E-state index contributed by atoms with van der Waals surface area (Å²) in [6.07, 6.45) is 7.75. The second-order valence-electron chi connectivity index (χ2n) is 6.08. The van der Waals surface area contributed by atoms with E-state index < -0.39 is 0 Å². The Morgan fingerprint density at radius 3 is 2.63 bits per heavy atom. The van der Waals surface area contributed by atoms with Crippen molar-refractivity contribution in [3.8, 4) is 0 Å². The minimum absolute atomic E-state index is 0.341. The molecule has 1 aromatic rings. The quantitative estimate of drug-likeness (QED) is 0.872. The van der Waals surface area contributed by atoms with Crippen molar-refractivity contribution in [2.45, 2.75) is 58.9 Å². The van der Waals surface area contributed by atoms with Crippen molar-refractivity contribution in [1.29, 1.82) is 0 Å². The molecule has 2 rings (SSSR count). The largest absolute Gasteiger partial charge is 0.373 e. The van der Waals surface area contributed by atoms with Crippen LogP contribution in [-0.2, 0) is 6.42 Å². The van der Waals surface area contributed by atoms with Gasteiger partial charge in [0.15, 0.2) is 0 Å². The van der Waals surface area contributed by atoms with Crippen LogP contribution in [0.5, 0.6) is 0 Å². The third kappa shape index (κ3) is 2.99. The van der Waals surface area contributed by atoms with Crippen molar-refractivity contribution >= 4 is 11.6 Å². The van der Waals surface area contributed by atoms with Crippen LogP contribution in [0.3, 0.4) is 0 Å². The smallest absolute Gasteiger partial charge is 0.134 e. The molecule has 0 bridgehead atoms. The van der Waals surface area contributed by atoms with Gasteiger partial charge < -0.3 is 10.6 Å². The van der Waals surface area contributed by atoms with Gasteiger partial charge in [-0.15, -0.1) is 0 Å². The Kier molecular flexibility index (Phi) is 4.27. The number of nitrogens with zero attached hydrogens (tertiary/aromatic N) is 2. The number of rotatable bonds is 4. The lowest BCUT2D eigenvalue weighted by Gasteiger charge is -2.39. The Morgan fingerprint density at radius 1 is 1.26 bits per heavy atom. The molecule has 0 saturated heterocycles. The summed E-state index contributed by atoms with van der Waals surface area (Å²) >= 11 is 0.